The Balaban J connectivity index is 1.53. The van der Waals surface area contributed by atoms with Gasteiger partial charge in [-0.05, 0) is 45.7 Å². The molecule has 0 bridgehead atoms. The summed E-state index contributed by atoms with van der Waals surface area (Å²) >= 11 is 1.52. The highest BCUT2D eigenvalue weighted by Gasteiger charge is 2.38. The molecule has 0 aromatic carbocycles. The molecule has 0 atom stereocenters. The van der Waals surface area contributed by atoms with E-state index in [-0.39, 0.29) is 23.7 Å². The number of hydrogen-bond acceptors (Lipinski definition) is 7. The van der Waals surface area contributed by atoms with E-state index >= 15 is 0 Å². The zero-order valence-electron chi connectivity index (χ0n) is 16.0. The van der Waals surface area contributed by atoms with Crippen molar-refractivity contribution in [1.82, 2.24) is 30.0 Å². The van der Waals surface area contributed by atoms with Crippen LogP contribution in [0.5, 0.6) is 0 Å². The molecule has 0 saturated heterocycles. The van der Waals surface area contributed by atoms with Crippen molar-refractivity contribution in [3.8, 4) is 16.5 Å². The molecule has 9 heteroatoms. The number of ether oxygens (including phenoxy) is 1. The molecule has 0 radical (unpaired) electrons. The molecular formula is C19H22N6O2S. The molecule has 1 saturated carbocycles. The maximum atomic E-state index is 12.0. The van der Waals surface area contributed by atoms with Gasteiger partial charge in [-0.1, -0.05) is 0 Å². The van der Waals surface area contributed by atoms with Crippen LogP contribution in [-0.2, 0) is 4.74 Å². The Bertz CT molecular complexity index is 943. The van der Waals surface area contributed by atoms with Gasteiger partial charge in [0.1, 0.15) is 11.9 Å². The van der Waals surface area contributed by atoms with Crippen LogP contribution in [0, 0.1) is 0 Å². The van der Waals surface area contributed by atoms with E-state index in [1.807, 2.05) is 42.9 Å². The van der Waals surface area contributed by atoms with E-state index in [9.17, 15) is 4.79 Å². The van der Waals surface area contributed by atoms with Crippen molar-refractivity contribution in [3.63, 3.8) is 0 Å². The minimum Gasteiger partial charge on any atom is -0.446 e. The van der Waals surface area contributed by atoms with Gasteiger partial charge in [0.15, 0.2) is 10.8 Å². The Morgan fingerprint density at radius 3 is 2.75 bits per heavy atom. The molecule has 1 fully saturated rings. The predicted octanol–water partition coefficient (Wildman–Crippen LogP) is 3.56. The second-order valence-corrected chi connectivity index (χ2v) is 8.73. The molecule has 8 nitrogen and oxygen atoms in total. The lowest BCUT2D eigenvalue weighted by Crippen LogP contribution is -2.44. The Kier molecular flexibility index (Phi) is 4.84. The van der Waals surface area contributed by atoms with Crippen molar-refractivity contribution in [2.75, 3.05) is 0 Å². The number of nitrogens with zero attached hydrogens (tertiary/aromatic N) is 5. The van der Waals surface area contributed by atoms with Crippen LogP contribution < -0.4 is 5.32 Å². The minimum atomic E-state index is -0.381. The molecule has 146 valence electrons. The van der Waals surface area contributed by atoms with Crippen LogP contribution in [0.3, 0.4) is 0 Å². The van der Waals surface area contributed by atoms with Gasteiger partial charge in [-0.25, -0.2) is 9.78 Å². The molecule has 1 aliphatic carbocycles. The molecule has 3 heterocycles. The van der Waals surface area contributed by atoms with Crippen molar-refractivity contribution < 1.29 is 9.53 Å². The van der Waals surface area contributed by atoms with E-state index in [1.54, 1.807) is 18.6 Å². The van der Waals surface area contributed by atoms with Crippen LogP contribution >= 0.6 is 11.3 Å². The first-order valence-corrected chi connectivity index (χ1v) is 10.0. The summed E-state index contributed by atoms with van der Waals surface area (Å²) in [6.07, 6.45) is 6.21. The van der Waals surface area contributed by atoms with Crippen LogP contribution in [0.15, 0.2) is 36.1 Å². The van der Waals surface area contributed by atoms with Crippen molar-refractivity contribution in [2.45, 2.75) is 51.2 Å². The molecule has 3 aromatic heterocycles. The maximum Gasteiger partial charge on any atom is 0.407 e. The highest BCUT2D eigenvalue weighted by Crippen LogP contribution is 2.40. The third-order valence-corrected chi connectivity index (χ3v) is 5.20. The molecule has 1 amide bonds. The smallest absolute Gasteiger partial charge is 0.407 e. The van der Waals surface area contributed by atoms with E-state index < -0.39 is 0 Å². The third kappa shape index (κ3) is 3.89. The fourth-order valence-electron chi connectivity index (χ4n) is 3.13. The molecule has 1 aliphatic rings. The third-order valence-electron chi connectivity index (χ3n) is 4.43. The number of amides is 1. The first kappa shape index (κ1) is 18.5. The second kappa shape index (κ2) is 7.31. The van der Waals surface area contributed by atoms with E-state index in [0.29, 0.717) is 18.7 Å². The van der Waals surface area contributed by atoms with E-state index in [0.717, 1.165) is 16.5 Å². The van der Waals surface area contributed by atoms with Gasteiger partial charge in [0.25, 0.3) is 0 Å². The molecule has 3 aromatic rings. The molecule has 28 heavy (non-hydrogen) atoms. The number of aromatic nitrogens is 5. The highest BCUT2D eigenvalue weighted by atomic mass is 32.1. The lowest BCUT2D eigenvalue weighted by atomic mass is 9.81. The summed E-state index contributed by atoms with van der Waals surface area (Å²) < 4.78 is 7.51. The number of nitrogens with one attached hydrogen (secondary N) is 1. The van der Waals surface area contributed by atoms with Crippen molar-refractivity contribution in [2.24, 2.45) is 0 Å². The van der Waals surface area contributed by atoms with Crippen LogP contribution in [0.4, 0.5) is 4.79 Å². The molecule has 4 rings (SSSR count). The van der Waals surface area contributed by atoms with Gasteiger partial charge in [-0.15, -0.1) is 21.5 Å². The Hall–Kier alpha value is -2.81. The number of hydrogen-bond donors (Lipinski definition) is 1. The maximum absolute atomic E-state index is 12.0. The predicted molar refractivity (Wildman–Crippen MR) is 105 cm³/mol. The molecule has 0 spiro atoms. The number of alkyl carbamates (subject to hydrolysis) is 1. The van der Waals surface area contributed by atoms with E-state index in [4.69, 9.17) is 4.74 Å². The van der Waals surface area contributed by atoms with Crippen LogP contribution in [-0.4, -0.2) is 42.5 Å². The summed E-state index contributed by atoms with van der Waals surface area (Å²) in [4.78, 5) is 20.6. The Morgan fingerprint density at radius 2 is 2.11 bits per heavy atom. The van der Waals surface area contributed by atoms with E-state index in [2.05, 4.69) is 25.5 Å². The first-order chi connectivity index (χ1) is 13.4. The van der Waals surface area contributed by atoms with Crippen LogP contribution in [0.1, 0.15) is 45.4 Å². The zero-order valence-corrected chi connectivity index (χ0v) is 16.8. The SMILES string of the molecule is CC(C)(C)NC(=O)OC1CC(c2nnc(-c3nccs3)n2-c2cccnc2)C1. The molecule has 1 N–H and O–H groups in total. The monoisotopic (exact) mass is 398 g/mol. The normalized spacial score (nSPS) is 19.1. The lowest BCUT2D eigenvalue weighted by molar-refractivity contribution is 0.0336. The molecular weight excluding hydrogens is 376 g/mol. The van der Waals surface area contributed by atoms with E-state index in [1.165, 1.54) is 11.3 Å². The van der Waals surface area contributed by atoms with Crippen molar-refractivity contribution in [3.05, 3.63) is 41.9 Å². The second-order valence-electron chi connectivity index (χ2n) is 7.84. The van der Waals surface area contributed by atoms with Crippen molar-refractivity contribution >= 4 is 17.4 Å². The van der Waals surface area contributed by atoms with Gasteiger partial charge in [-0.3, -0.25) is 9.55 Å². The quantitative estimate of drug-likeness (QED) is 0.722. The number of carbonyl (C=O) groups excluding carboxylic acids is 1. The fraction of sp³-hybridized carbons (Fsp3) is 0.421. The number of carbonyl (C=O) groups is 1. The van der Waals surface area contributed by atoms with Gasteiger partial charge >= 0.3 is 6.09 Å². The highest BCUT2D eigenvalue weighted by molar-refractivity contribution is 7.13. The topological polar surface area (TPSA) is 94.8 Å². The molecule has 0 aliphatic heterocycles. The van der Waals surface area contributed by atoms with Gasteiger partial charge in [0.2, 0.25) is 0 Å². The average Bonchev–Trinajstić information content (AvgIpc) is 3.26. The first-order valence-electron chi connectivity index (χ1n) is 9.15. The summed E-state index contributed by atoms with van der Waals surface area (Å²) in [6, 6.07) is 3.86. The van der Waals surface area contributed by atoms with Crippen LogP contribution in [0.2, 0.25) is 0 Å². The summed E-state index contributed by atoms with van der Waals surface area (Å²) in [5, 5.41) is 14.4. The number of pyridine rings is 1. The zero-order chi connectivity index (χ0) is 19.7. The van der Waals surface area contributed by atoms with Gasteiger partial charge in [0.05, 0.1) is 11.9 Å². The Morgan fingerprint density at radius 1 is 1.29 bits per heavy atom. The van der Waals surface area contributed by atoms with Gasteiger partial charge in [0, 0.05) is 29.2 Å². The number of thiazole rings is 1. The summed E-state index contributed by atoms with van der Waals surface area (Å²) in [6.45, 7) is 5.77. The molecule has 0 unspecified atom stereocenters. The largest absolute Gasteiger partial charge is 0.446 e. The summed E-state index contributed by atoms with van der Waals surface area (Å²) in [5.74, 6) is 1.70. The van der Waals surface area contributed by atoms with Gasteiger partial charge < -0.3 is 10.1 Å². The van der Waals surface area contributed by atoms with Gasteiger partial charge in [-0.2, -0.15) is 0 Å². The summed E-state index contributed by atoms with van der Waals surface area (Å²) in [5.41, 5.74) is 0.575. The fourth-order valence-corrected chi connectivity index (χ4v) is 3.74. The average molecular weight is 398 g/mol. The Labute approximate surface area is 167 Å². The van der Waals surface area contributed by atoms with Crippen LogP contribution in [0.25, 0.3) is 16.5 Å². The van der Waals surface area contributed by atoms with Crippen molar-refractivity contribution in [1.29, 1.82) is 0 Å². The standard InChI is InChI=1S/C19H22N6O2S/c1-19(2,3)22-18(26)27-14-9-12(10-14)15-23-24-16(17-21-7-8-28-17)25(15)13-5-4-6-20-11-13/h4-8,11-12,14H,9-10H2,1-3H3,(H,22,26). The summed E-state index contributed by atoms with van der Waals surface area (Å²) in [7, 11) is 0. The number of rotatable bonds is 4. The lowest BCUT2D eigenvalue weighted by Gasteiger charge is -2.34. The minimum absolute atomic E-state index is 0.116.